The number of carboxylic acid groups (broad SMARTS) is 1. The molecule has 0 spiro atoms. The summed E-state index contributed by atoms with van der Waals surface area (Å²) in [5, 5.41) is 10.6. The fourth-order valence-corrected chi connectivity index (χ4v) is 3.48. The Labute approximate surface area is 119 Å². The van der Waals surface area contributed by atoms with Crippen LogP contribution in [0.3, 0.4) is 0 Å². The van der Waals surface area contributed by atoms with Crippen molar-refractivity contribution in [3.63, 3.8) is 0 Å². The van der Waals surface area contributed by atoms with Gasteiger partial charge >= 0.3 is 5.97 Å². The second-order valence-corrected chi connectivity index (χ2v) is 6.10. The maximum atomic E-state index is 11.8. The zero-order chi connectivity index (χ0) is 13.5. The lowest BCUT2D eigenvalue weighted by Crippen LogP contribution is -2.37. The SMILES string of the molecule is O=C(O)C1(c2ccc3occ(Br)c3c2)CCCCC1. The van der Waals surface area contributed by atoms with Gasteiger partial charge in [-0.25, -0.2) is 0 Å². The van der Waals surface area contributed by atoms with E-state index in [1.54, 1.807) is 6.26 Å². The molecule has 0 amide bonds. The Balaban J connectivity index is 2.14. The predicted octanol–water partition coefficient (Wildman–Crippen LogP) is 4.48. The van der Waals surface area contributed by atoms with Crippen molar-refractivity contribution in [2.45, 2.75) is 37.5 Å². The van der Waals surface area contributed by atoms with Gasteiger partial charge in [0.05, 0.1) is 9.89 Å². The Kier molecular flexibility index (Phi) is 3.13. The smallest absolute Gasteiger partial charge is 0.314 e. The number of hydrogen-bond donors (Lipinski definition) is 1. The molecule has 0 bridgehead atoms. The number of aliphatic carboxylic acids is 1. The molecular weight excluding hydrogens is 308 g/mol. The van der Waals surface area contributed by atoms with E-state index in [0.717, 1.165) is 53.1 Å². The Morgan fingerprint density at radius 2 is 2.00 bits per heavy atom. The Morgan fingerprint density at radius 3 is 2.68 bits per heavy atom. The Morgan fingerprint density at radius 1 is 1.26 bits per heavy atom. The van der Waals surface area contributed by atoms with Gasteiger partial charge in [-0.3, -0.25) is 4.79 Å². The maximum Gasteiger partial charge on any atom is 0.314 e. The van der Waals surface area contributed by atoms with Gasteiger partial charge in [-0.1, -0.05) is 25.3 Å². The van der Waals surface area contributed by atoms with Crippen LogP contribution in [0.2, 0.25) is 0 Å². The molecular formula is C15H15BrO3. The average molecular weight is 323 g/mol. The van der Waals surface area contributed by atoms with Crippen LogP contribution in [0, 0.1) is 0 Å². The van der Waals surface area contributed by atoms with Crippen molar-refractivity contribution in [1.29, 1.82) is 0 Å². The van der Waals surface area contributed by atoms with E-state index in [1.807, 2.05) is 18.2 Å². The van der Waals surface area contributed by atoms with E-state index in [0.29, 0.717) is 0 Å². The highest BCUT2D eigenvalue weighted by Gasteiger charge is 2.41. The Bertz CT molecular complexity index is 623. The van der Waals surface area contributed by atoms with Crippen LogP contribution in [-0.2, 0) is 10.2 Å². The van der Waals surface area contributed by atoms with Gasteiger partial charge in [-0.05, 0) is 46.5 Å². The first-order valence-electron chi connectivity index (χ1n) is 6.54. The summed E-state index contributed by atoms with van der Waals surface area (Å²) in [5.41, 5.74) is 0.963. The summed E-state index contributed by atoms with van der Waals surface area (Å²) in [4.78, 5) is 11.8. The van der Waals surface area contributed by atoms with E-state index in [4.69, 9.17) is 4.42 Å². The first kappa shape index (κ1) is 12.7. The lowest BCUT2D eigenvalue weighted by Gasteiger charge is -2.33. The molecule has 0 aliphatic heterocycles. The highest BCUT2D eigenvalue weighted by atomic mass is 79.9. The van der Waals surface area contributed by atoms with Crippen LogP contribution >= 0.6 is 15.9 Å². The maximum absolute atomic E-state index is 11.8. The summed E-state index contributed by atoms with van der Waals surface area (Å²) in [5.74, 6) is -0.703. The van der Waals surface area contributed by atoms with Gasteiger partial charge in [0.25, 0.3) is 0 Å². The largest absolute Gasteiger partial charge is 0.481 e. The molecule has 1 aliphatic rings. The number of benzene rings is 1. The van der Waals surface area contributed by atoms with Crippen molar-refractivity contribution in [2.24, 2.45) is 0 Å². The summed E-state index contributed by atoms with van der Waals surface area (Å²) in [6, 6.07) is 5.73. The molecule has 1 aliphatic carbocycles. The van der Waals surface area contributed by atoms with Crippen LogP contribution < -0.4 is 0 Å². The van der Waals surface area contributed by atoms with E-state index in [9.17, 15) is 9.90 Å². The molecule has 3 rings (SSSR count). The molecule has 1 saturated carbocycles. The predicted molar refractivity (Wildman–Crippen MR) is 76.3 cm³/mol. The highest BCUT2D eigenvalue weighted by molar-refractivity contribution is 9.10. The molecule has 2 aromatic rings. The van der Waals surface area contributed by atoms with Gasteiger partial charge in [0, 0.05) is 5.39 Å². The van der Waals surface area contributed by atoms with Crippen LogP contribution in [0.25, 0.3) is 11.0 Å². The minimum atomic E-state index is -0.719. The molecule has 4 heteroatoms. The number of carbonyl (C=O) groups is 1. The molecule has 3 nitrogen and oxygen atoms in total. The normalized spacial score (nSPS) is 18.6. The van der Waals surface area contributed by atoms with Crippen LogP contribution in [-0.4, -0.2) is 11.1 Å². The van der Waals surface area contributed by atoms with Gasteiger partial charge in [-0.15, -0.1) is 0 Å². The third kappa shape index (κ3) is 1.98. The van der Waals surface area contributed by atoms with Gasteiger partial charge in [0.1, 0.15) is 11.8 Å². The zero-order valence-corrected chi connectivity index (χ0v) is 12.1. The van der Waals surface area contributed by atoms with Crippen LogP contribution in [0.15, 0.2) is 33.4 Å². The molecule has 0 atom stereocenters. The third-order valence-corrected chi connectivity index (χ3v) is 4.81. The molecule has 1 heterocycles. The van der Waals surface area contributed by atoms with Crippen molar-refractivity contribution >= 4 is 32.9 Å². The number of carboxylic acids is 1. The van der Waals surface area contributed by atoms with E-state index in [-0.39, 0.29) is 0 Å². The summed E-state index contributed by atoms with van der Waals surface area (Å²) in [6.07, 6.45) is 6.19. The number of fused-ring (bicyclic) bond motifs is 1. The zero-order valence-electron chi connectivity index (χ0n) is 10.5. The minimum Gasteiger partial charge on any atom is -0.481 e. The average Bonchev–Trinajstić information content (AvgIpc) is 2.80. The van der Waals surface area contributed by atoms with E-state index >= 15 is 0 Å². The lowest BCUT2D eigenvalue weighted by atomic mass is 9.69. The third-order valence-electron chi connectivity index (χ3n) is 4.20. The number of halogens is 1. The van der Waals surface area contributed by atoms with Gasteiger partial charge in [-0.2, -0.15) is 0 Å². The fraction of sp³-hybridized carbons (Fsp3) is 0.400. The van der Waals surface area contributed by atoms with Gasteiger partial charge in [0.2, 0.25) is 0 Å². The van der Waals surface area contributed by atoms with Gasteiger partial charge in [0.15, 0.2) is 0 Å². The molecule has 1 aromatic carbocycles. The second kappa shape index (κ2) is 4.67. The monoisotopic (exact) mass is 322 g/mol. The van der Waals surface area contributed by atoms with E-state index < -0.39 is 11.4 Å². The van der Waals surface area contributed by atoms with Crippen molar-refractivity contribution in [1.82, 2.24) is 0 Å². The van der Waals surface area contributed by atoms with Crippen LogP contribution in [0.1, 0.15) is 37.7 Å². The number of furan rings is 1. The molecule has 1 fully saturated rings. The molecule has 0 radical (unpaired) electrons. The highest BCUT2D eigenvalue weighted by Crippen LogP contribution is 2.41. The molecule has 1 aromatic heterocycles. The van der Waals surface area contributed by atoms with E-state index in [1.165, 1.54) is 0 Å². The van der Waals surface area contributed by atoms with Crippen molar-refractivity contribution in [2.75, 3.05) is 0 Å². The molecule has 1 N–H and O–H groups in total. The number of rotatable bonds is 2. The fourth-order valence-electron chi connectivity index (χ4n) is 3.08. The molecule has 0 saturated heterocycles. The quantitative estimate of drug-likeness (QED) is 0.886. The minimum absolute atomic E-state index is 0.703. The summed E-state index contributed by atoms with van der Waals surface area (Å²) >= 11 is 3.44. The first-order valence-corrected chi connectivity index (χ1v) is 7.33. The molecule has 100 valence electrons. The summed E-state index contributed by atoms with van der Waals surface area (Å²) in [7, 11) is 0. The standard InChI is InChI=1S/C15H15BrO3/c16-12-9-19-13-5-4-10(8-11(12)13)15(14(17)18)6-2-1-3-7-15/h4-5,8-9H,1-3,6-7H2,(H,17,18). The summed E-state index contributed by atoms with van der Waals surface area (Å²) < 4.78 is 6.27. The van der Waals surface area contributed by atoms with E-state index in [2.05, 4.69) is 15.9 Å². The van der Waals surface area contributed by atoms with Crippen molar-refractivity contribution in [3.8, 4) is 0 Å². The first-order chi connectivity index (χ1) is 9.13. The van der Waals surface area contributed by atoms with Crippen molar-refractivity contribution < 1.29 is 14.3 Å². The van der Waals surface area contributed by atoms with Crippen LogP contribution in [0.4, 0.5) is 0 Å². The second-order valence-electron chi connectivity index (χ2n) is 5.24. The number of hydrogen-bond acceptors (Lipinski definition) is 2. The molecule has 19 heavy (non-hydrogen) atoms. The topological polar surface area (TPSA) is 50.4 Å². The molecule has 0 unspecified atom stereocenters. The van der Waals surface area contributed by atoms with Crippen molar-refractivity contribution in [3.05, 3.63) is 34.5 Å². The van der Waals surface area contributed by atoms with Gasteiger partial charge < -0.3 is 9.52 Å². The Hall–Kier alpha value is -1.29. The van der Waals surface area contributed by atoms with Crippen LogP contribution in [0.5, 0.6) is 0 Å². The summed E-state index contributed by atoms with van der Waals surface area (Å²) in [6.45, 7) is 0. The lowest BCUT2D eigenvalue weighted by molar-refractivity contribution is -0.145.